The van der Waals surface area contributed by atoms with Crippen molar-refractivity contribution in [1.29, 1.82) is 0 Å². The van der Waals surface area contributed by atoms with Crippen LogP contribution >= 0.6 is 15.9 Å². The molecule has 0 unspecified atom stereocenters. The van der Waals surface area contributed by atoms with Gasteiger partial charge in [-0.05, 0) is 66.4 Å². The van der Waals surface area contributed by atoms with E-state index in [0.717, 1.165) is 35.2 Å². The maximum absolute atomic E-state index is 12.0. The van der Waals surface area contributed by atoms with Crippen LogP contribution in [0.5, 0.6) is 5.75 Å². The Morgan fingerprint density at radius 3 is 2.76 bits per heavy atom. The normalized spacial score (nSPS) is 10.6. The van der Waals surface area contributed by atoms with Crippen molar-refractivity contribution >= 4 is 15.9 Å². The monoisotopic (exact) mass is 349 g/mol. The number of aryl methyl sites for hydroxylation is 3. The molecule has 0 aliphatic rings. The fourth-order valence-corrected chi connectivity index (χ4v) is 2.78. The zero-order chi connectivity index (χ0) is 15.2. The van der Waals surface area contributed by atoms with Crippen LogP contribution in [0.15, 0.2) is 45.8 Å². The topological polar surface area (TPSA) is 31.2 Å². The predicted octanol–water partition coefficient (Wildman–Crippen LogP) is 4.09. The Kier molecular flexibility index (Phi) is 5.62. The number of benzene rings is 1. The van der Waals surface area contributed by atoms with Crippen LogP contribution in [0.3, 0.4) is 0 Å². The minimum atomic E-state index is 0.0813. The number of ether oxygens (including phenoxy) is 1. The van der Waals surface area contributed by atoms with Gasteiger partial charge in [0.2, 0.25) is 0 Å². The van der Waals surface area contributed by atoms with Crippen molar-refractivity contribution in [3.63, 3.8) is 0 Å². The fraction of sp³-hybridized carbons (Fsp3) is 0.353. The highest BCUT2D eigenvalue weighted by Crippen LogP contribution is 2.13. The van der Waals surface area contributed by atoms with E-state index >= 15 is 0 Å². The van der Waals surface area contributed by atoms with Crippen molar-refractivity contribution in [3.8, 4) is 5.75 Å². The van der Waals surface area contributed by atoms with E-state index in [4.69, 9.17) is 4.74 Å². The third kappa shape index (κ3) is 4.74. The van der Waals surface area contributed by atoms with E-state index in [2.05, 4.69) is 28.9 Å². The van der Waals surface area contributed by atoms with Crippen molar-refractivity contribution in [2.24, 2.45) is 0 Å². The Labute approximate surface area is 133 Å². The number of nitrogens with zero attached hydrogens (tertiary/aromatic N) is 1. The van der Waals surface area contributed by atoms with Crippen LogP contribution in [-0.4, -0.2) is 11.2 Å². The summed E-state index contributed by atoms with van der Waals surface area (Å²) in [5, 5.41) is 0. The molecule has 1 aromatic carbocycles. The number of hydrogen-bond donors (Lipinski definition) is 0. The van der Waals surface area contributed by atoms with Crippen molar-refractivity contribution < 1.29 is 4.74 Å². The number of rotatable bonds is 6. The SMILES string of the molecule is Cc1cccc(OCCCCn2cc(Br)cc(C)c2=O)c1. The van der Waals surface area contributed by atoms with Crippen LogP contribution in [0.25, 0.3) is 0 Å². The second-order valence-corrected chi connectivity index (χ2v) is 6.13. The molecule has 0 saturated carbocycles. The highest BCUT2D eigenvalue weighted by molar-refractivity contribution is 9.10. The van der Waals surface area contributed by atoms with Crippen LogP contribution in [0, 0.1) is 13.8 Å². The van der Waals surface area contributed by atoms with Crippen molar-refractivity contribution in [3.05, 3.63) is 62.5 Å². The number of halogens is 1. The quantitative estimate of drug-likeness (QED) is 0.735. The number of aromatic nitrogens is 1. The molecule has 0 atom stereocenters. The van der Waals surface area contributed by atoms with Crippen LogP contribution < -0.4 is 10.3 Å². The Hall–Kier alpha value is -1.55. The summed E-state index contributed by atoms with van der Waals surface area (Å²) in [6.45, 7) is 5.28. The average Bonchev–Trinajstić information content (AvgIpc) is 2.43. The molecule has 0 bridgehead atoms. The Morgan fingerprint density at radius 2 is 2.00 bits per heavy atom. The molecular formula is C17H20BrNO2. The molecule has 0 N–H and O–H groups in total. The van der Waals surface area contributed by atoms with Gasteiger partial charge in [-0.2, -0.15) is 0 Å². The smallest absolute Gasteiger partial charge is 0.253 e. The van der Waals surface area contributed by atoms with E-state index < -0.39 is 0 Å². The predicted molar refractivity (Wildman–Crippen MR) is 89.0 cm³/mol. The molecule has 2 aromatic rings. The summed E-state index contributed by atoms with van der Waals surface area (Å²) in [7, 11) is 0. The summed E-state index contributed by atoms with van der Waals surface area (Å²) in [6.07, 6.45) is 3.68. The lowest BCUT2D eigenvalue weighted by atomic mass is 10.2. The second kappa shape index (κ2) is 7.46. The molecule has 4 heteroatoms. The maximum Gasteiger partial charge on any atom is 0.253 e. The molecular weight excluding hydrogens is 330 g/mol. The van der Waals surface area contributed by atoms with Gasteiger partial charge in [0.25, 0.3) is 5.56 Å². The molecule has 2 rings (SSSR count). The Balaban J connectivity index is 1.79. The highest BCUT2D eigenvalue weighted by atomic mass is 79.9. The lowest BCUT2D eigenvalue weighted by Crippen LogP contribution is -2.21. The molecule has 0 aliphatic carbocycles. The second-order valence-electron chi connectivity index (χ2n) is 5.21. The van der Waals surface area contributed by atoms with Gasteiger partial charge in [0, 0.05) is 22.8 Å². The van der Waals surface area contributed by atoms with E-state index in [1.165, 1.54) is 5.56 Å². The average molecular weight is 350 g/mol. The van der Waals surface area contributed by atoms with Gasteiger partial charge < -0.3 is 9.30 Å². The van der Waals surface area contributed by atoms with Crippen LogP contribution in [0.2, 0.25) is 0 Å². The van der Waals surface area contributed by atoms with E-state index in [0.29, 0.717) is 6.61 Å². The number of pyridine rings is 1. The maximum atomic E-state index is 12.0. The van der Waals surface area contributed by atoms with Crippen LogP contribution in [0.1, 0.15) is 24.0 Å². The van der Waals surface area contributed by atoms with Crippen molar-refractivity contribution in [2.45, 2.75) is 33.2 Å². The van der Waals surface area contributed by atoms with Gasteiger partial charge in [-0.1, -0.05) is 12.1 Å². The third-order valence-electron chi connectivity index (χ3n) is 3.28. The summed E-state index contributed by atoms with van der Waals surface area (Å²) in [6, 6.07) is 9.89. The van der Waals surface area contributed by atoms with E-state index in [-0.39, 0.29) is 5.56 Å². The molecule has 0 saturated heterocycles. The highest BCUT2D eigenvalue weighted by Gasteiger charge is 2.02. The van der Waals surface area contributed by atoms with Crippen molar-refractivity contribution in [1.82, 2.24) is 4.57 Å². The van der Waals surface area contributed by atoms with Gasteiger partial charge in [0.15, 0.2) is 0 Å². The largest absolute Gasteiger partial charge is 0.494 e. The first-order valence-corrected chi connectivity index (χ1v) is 7.91. The first kappa shape index (κ1) is 15.8. The van der Waals surface area contributed by atoms with Gasteiger partial charge in [0.1, 0.15) is 5.75 Å². The van der Waals surface area contributed by atoms with E-state index in [9.17, 15) is 4.79 Å². The third-order valence-corrected chi connectivity index (χ3v) is 3.72. The molecule has 0 radical (unpaired) electrons. The summed E-state index contributed by atoms with van der Waals surface area (Å²) >= 11 is 3.42. The van der Waals surface area contributed by atoms with E-state index in [1.807, 2.05) is 37.4 Å². The zero-order valence-electron chi connectivity index (χ0n) is 12.4. The van der Waals surface area contributed by atoms with Gasteiger partial charge in [0.05, 0.1) is 6.61 Å². The summed E-state index contributed by atoms with van der Waals surface area (Å²) < 4.78 is 8.40. The van der Waals surface area contributed by atoms with Crippen LogP contribution in [0.4, 0.5) is 0 Å². The molecule has 0 amide bonds. The minimum absolute atomic E-state index is 0.0813. The first-order valence-electron chi connectivity index (χ1n) is 7.12. The summed E-state index contributed by atoms with van der Waals surface area (Å²) in [5.74, 6) is 0.908. The number of unbranched alkanes of at least 4 members (excludes halogenated alkanes) is 1. The van der Waals surface area contributed by atoms with Gasteiger partial charge in [-0.3, -0.25) is 4.79 Å². The van der Waals surface area contributed by atoms with Gasteiger partial charge in [-0.25, -0.2) is 0 Å². The van der Waals surface area contributed by atoms with Gasteiger partial charge >= 0.3 is 0 Å². The Bertz CT molecular complexity index is 664. The van der Waals surface area contributed by atoms with E-state index in [1.54, 1.807) is 4.57 Å². The molecule has 1 aromatic heterocycles. The molecule has 0 spiro atoms. The molecule has 3 nitrogen and oxygen atoms in total. The lowest BCUT2D eigenvalue weighted by Gasteiger charge is -2.09. The number of hydrogen-bond acceptors (Lipinski definition) is 2. The zero-order valence-corrected chi connectivity index (χ0v) is 14.0. The van der Waals surface area contributed by atoms with Gasteiger partial charge in [-0.15, -0.1) is 0 Å². The first-order chi connectivity index (χ1) is 10.1. The standard InChI is InChI=1S/C17H20BrNO2/c1-13-6-5-7-16(10-13)21-9-4-3-8-19-12-15(18)11-14(2)17(19)20/h5-7,10-12H,3-4,8-9H2,1-2H3. The summed E-state index contributed by atoms with van der Waals surface area (Å²) in [5.41, 5.74) is 2.04. The molecule has 0 fully saturated rings. The minimum Gasteiger partial charge on any atom is -0.494 e. The van der Waals surface area contributed by atoms with Crippen molar-refractivity contribution in [2.75, 3.05) is 6.61 Å². The molecule has 112 valence electrons. The fourth-order valence-electron chi connectivity index (χ4n) is 2.19. The molecule has 21 heavy (non-hydrogen) atoms. The summed E-state index contributed by atoms with van der Waals surface area (Å²) in [4.78, 5) is 12.0. The molecule has 1 heterocycles. The Morgan fingerprint density at radius 1 is 1.19 bits per heavy atom. The lowest BCUT2D eigenvalue weighted by molar-refractivity contribution is 0.302. The van der Waals surface area contributed by atoms with Crippen LogP contribution in [-0.2, 0) is 6.54 Å². The molecule has 0 aliphatic heterocycles.